The van der Waals surface area contributed by atoms with E-state index in [-0.39, 0.29) is 21.4 Å². The number of rotatable bonds is 8. The van der Waals surface area contributed by atoms with Gasteiger partial charge in [0.15, 0.2) is 0 Å². The molecule has 12 heteroatoms. The number of hydrogen-bond acceptors (Lipinski definition) is 6. The first-order chi connectivity index (χ1) is 17.6. The van der Waals surface area contributed by atoms with Crippen LogP contribution in [0.4, 0.5) is 11.4 Å². The highest BCUT2D eigenvalue weighted by molar-refractivity contribution is 9.10. The minimum atomic E-state index is -4.03. The molecule has 1 heterocycles. The molecule has 1 saturated heterocycles. The highest BCUT2D eigenvalue weighted by Crippen LogP contribution is 2.28. The van der Waals surface area contributed by atoms with Crippen LogP contribution in [-0.2, 0) is 20.0 Å². The van der Waals surface area contributed by atoms with Gasteiger partial charge in [-0.15, -0.1) is 11.8 Å². The summed E-state index contributed by atoms with van der Waals surface area (Å²) >= 11 is 4.69. The molecule has 1 aliphatic rings. The summed E-state index contributed by atoms with van der Waals surface area (Å²) in [6.45, 7) is 1.32. The third kappa shape index (κ3) is 6.67. The van der Waals surface area contributed by atoms with Crippen molar-refractivity contribution in [3.05, 3.63) is 76.8 Å². The summed E-state index contributed by atoms with van der Waals surface area (Å²) in [5.41, 5.74) is 0.953. The molecule has 1 fully saturated rings. The van der Waals surface area contributed by atoms with Crippen molar-refractivity contribution in [1.29, 1.82) is 0 Å². The first-order valence-corrected chi connectivity index (χ1v) is 16.5. The summed E-state index contributed by atoms with van der Waals surface area (Å²) in [6.07, 6.45) is 4.79. The number of thioether (sulfide) groups is 1. The summed E-state index contributed by atoms with van der Waals surface area (Å²) < 4.78 is 57.4. The Morgan fingerprint density at radius 2 is 1.30 bits per heavy atom. The smallest absolute Gasteiger partial charge is 0.261 e. The van der Waals surface area contributed by atoms with E-state index >= 15 is 0 Å². The van der Waals surface area contributed by atoms with Crippen molar-refractivity contribution in [2.75, 3.05) is 28.8 Å². The van der Waals surface area contributed by atoms with E-state index in [4.69, 9.17) is 0 Å². The van der Waals surface area contributed by atoms with E-state index in [1.165, 1.54) is 48.2 Å². The van der Waals surface area contributed by atoms with E-state index in [0.717, 1.165) is 23.7 Å². The summed E-state index contributed by atoms with van der Waals surface area (Å²) in [7, 11) is -7.88. The molecule has 0 spiro atoms. The fourth-order valence-corrected chi connectivity index (χ4v) is 6.91. The van der Waals surface area contributed by atoms with Gasteiger partial charge in [0.1, 0.15) is 0 Å². The number of carbonyl (C=O) groups excluding carboxylic acids is 1. The lowest BCUT2D eigenvalue weighted by molar-refractivity contribution is 0.0720. The lowest BCUT2D eigenvalue weighted by atomic mass is 10.1. The van der Waals surface area contributed by atoms with Crippen LogP contribution in [0.1, 0.15) is 29.6 Å². The SMILES string of the molecule is CSc1ccc(S(=O)(=O)Nc2ccc(S(=O)(=O)Nc3ccc(Br)cc3)cc2)cc1C(=O)N1CCCCC1. The average Bonchev–Trinajstić information content (AvgIpc) is 2.89. The maximum Gasteiger partial charge on any atom is 0.261 e. The predicted molar refractivity (Wildman–Crippen MR) is 150 cm³/mol. The predicted octanol–water partition coefficient (Wildman–Crippen LogP) is 5.40. The molecule has 0 radical (unpaired) electrons. The van der Waals surface area contributed by atoms with Crippen LogP contribution in [-0.4, -0.2) is 47.0 Å². The number of carbonyl (C=O) groups is 1. The third-order valence-corrected chi connectivity index (χ3v) is 9.97. The first kappa shape index (κ1) is 27.5. The number of sulfonamides is 2. The van der Waals surface area contributed by atoms with Gasteiger partial charge in [0, 0.05) is 33.8 Å². The summed E-state index contributed by atoms with van der Waals surface area (Å²) in [4.78, 5) is 15.5. The van der Waals surface area contributed by atoms with Crippen molar-refractivity contribution in [2.45, 2.75) is 33.9 Å². The van der Waals surface area contributed by atoms with Gasteiger partial charge in [0.05, 0.1) is 15.4 Å². The Bertz CT molecular complexity index is 1490. The highest BCUT2D eigenvalue weighted by atomic mass is 79.9. The maximum absolute atomic E-state index is 13.1. The zero-order valence-electron chi connectivity index (χ0n) is 20.0. The second kappa shape index (κ2) is 11.5. The fraction of sp³-hybridized carbons (Fsp3) is 0.240. The molecule has 3 aromatic carbocycles. The van der Waals surface area contributed by atoms with Crippen LogP contribution in [0.3, 0.4) is 0 Å². The average molecular weight is 625 g/mol. The van der Waals surface area contributed by atoms with Crippen molar-refractivity contribution in [2.24, 2.45) is 0 Å². The quantitative estimate of drug-likeness (QED) is 0.325. The Morgan fingerprint density at radius 3 is 1.86 bits per heavy atom. The molecule has 1 aliphatic heterocycles. The molecule has 37 heavy (non-hydrogen) atoms. The monoisotopic (exact) mass is 623 g/mol. The number of amides is 1. The minimum absolute atomic E-state index is 0.0166. The van der Waals surface area contributed by atoms with E-state index in [9.17, 15) is 21.6 Å². The molecule has 1 amide bonds. The third-order valence-electron chi connectivity index (χ3n) is 5.87. The van der Waals surface area contributed by atoms with Crippen LogP contribution in [0.25, 0.3) is 0 Å². The van der Waals surface area contributed by atoms with E-state index in [0.29, 0.717) is 29.2 Å². The van der Waals surface area contributed by atoms with Crippen molar-refractivity contribution in [3.8, 4) is 0 Å². The molecule has 3 aromatic rings. The number of nitrogens with zero attached hydrogens (tertiary/aromatic N) is 1. The van der Waals surface area contributed by atoms with Gasteiger partial charge in [0.2, 0.25) is 0 Å². The van der Waals surface area contributed by atoms with Gasteiger partial charge in [-0.1, -0.05) is 15.9 Å². The molecule has 0 aromatic heterocycles. The molecular weight excluding hydrogens is 598 g/mol. The molecule has 0 bridgehead atoms. The van der Waals surface area contributed by atoms with Gasteiger partial charge >= 0.3 is 0 Å². The lowest BCUT2D eigenvalue weighted by Crippen LogP contribution is -2.36. The zero-order chi connectivity index (χ0) is 26.6. The largest absolute Gasteiger partial charge is 0.339 e. The molecule has 4 rings (SSSR count). The molecule has 0 atom stereocenters. The number of hydrogen-bond donors (Lipinski definition) is 2. The molecule has 0 aliphatic carbocycles. The second-order valence-corrected chi connectivity index (χ2v) is 13.6. The summed E-state index contributed by atoms with van der Waals surface area (Å²) in [6, 6.07) is 16.6. The molecule has 2 N–H and O–H groups in total. The number of anilines is 2. The number of likely N-dealkylation sites (tertiary alicyclic amines) is 1. The van der Waals surface area contributed by atoms with Gasteiger partial charge in [-0.05, 0) is 92.2 Å². The highest BCUT2D eigenvalue weighted by Gasteiger charge is 2.24. The molecule has 196 valence electrons. The van der Waals surface area contributed by atoms with Crippen LogP contribution in [0.15, 0.2) is 85.9 Å². The van der Waals surface area contributed by atoms with Crippen molar-refractivity contribution >= 4 is 65.0 Å². The van der Waals surface area contributed by atoms with Crippen LogP contribution < -0.4 is 9.44 Å². The van der Waals surface area contributed by atoms with Crippen LogP contribution in [0, 0.1) is 0 Å². The maximum atomic E-state index is 13.1. The van der Waals surface area contributed by atoms with E-state index in [1.807, 2.05) is 6.26 Å². The van der Waals surface area contributed by atoms with Crippen LogP contribution in [0.2, 0.25) is 0 Å². The van der Waals surface area contributed by atoms with E-state index in [1.54, 1.807) is 35.2 Å². The van der Waals surface area contributed by atoms with E-state index < -0.39 is 20.0 Å². The van der Waals surface area contributed by atoms with Gasteiger partial charge < -0.3 is 4.90 Å². The molecule has 0 saturated carbocycles. The fourth-order valence-electron chi connectivity index (χ4n) is 3.94. The Kier molecular flexibility index (Phi) is 8.52. The zero-order valence-corrected chi connectivity index (χ0v) is 24.0. The standard InChI is InChI=1S/C25H26BrN3O5S3/c1-35-24-14-13-22(17-23(24)25(30)29-15-3-2-4-16-29)37(33,34)28-20-9-11-21(12-10-20)36(31,32)27-19-7-5-18(26)6-8-19/h5-14,17,27-28H,2-4,15-16H2,1H3. The summed E-state index contributed by atoms with van der Waals surface area (Å²) in [5.74, 6) is -0.172. The second-order valence-electron chi connectivity index (χ2n) is 8.46. The molecular formula is C25H26BrN3O5S3. The van der Waals surface area contributed by atoms with Crippen molar-refractivity contribution in [1.82, 2.24) is 4.90 Å². The normalized spacial score (nSPS) is 14.3. The van der Waals surface area contributed by atoms with Gasteiger partial charge in [-0.2, -0.15) is 0 Å². The van der Waals surface area contributed by atoms with Crippen molar-refractivity contribution in [3.63, 3.8) is 0 Å². The molecule has 0 unspecified atom stereocenters. The Morgan fingerprint density at radius 1 is 0.784 bits per heavy atom. The Labute approximate surface area is 230 Å². The lowest BCUT2D eigenvalue weighted by Gasteiger charge is -2.27. The number of halogens is 1. The summed E-state index contributed by atoms with van der Waals surface area (Å²) in [5, 5.41) is 0. The van der Waals surface area contributed by atoms with Gasteiger partial charge in [-0.25, -0.2) is 16.8 Å². The van der Waals surface area contributed by atoms with E-state index in [2.05, 4.69) is 25.4 Å². The first-order valence-electron chi connectivity index (χ1n) is 11.5. The Hall–Kier alpha value is -2.54. The van der Waals surface area contributed by atoms with Gasteiger partial charge in [0.25, 0.3) is 26.0 Å². The molecule has 8 nitrogen and oxygen atoms in total. The number of benzene rings is 3. The number of nitrogens with one attached hydrogen (secondary N) is 2. The van der Waals surface area contributed by atoms with Crippen LogP contribution in [0.5, 0.6) is 0 Å². The topological polar surface area (TPSA) is 113 Å². The number of piperidine rings is 1. The van der Waals surface area contributed by atoms with Crippen molar-refractivity contribution < 1.29 is 21.6 Å². The van der Waals surface area contributed by atoms with Gasteiger partial charge in [-0.3, -0.25) is 14.2 Å². The Balaban J connectivity index is 1.53. The minimum Gasteiger partial charge on any atom is -0.339 e. The van der Waals surface area contributed by atoms with Crippen LogP contribution >= 0.6 is 27.7 Å².